The molecule has 0 aromatic carbocycles. The number of aromatic nitrogens is 2. The Morgan fingerprint density at radius 2 is 1.95 bits per heavy atom. The molecule has 1 aliphatic rings. The van der Waals surface area contributed by atoms with Crippen LogP contribution in [-0.4, -0.2) is 24.5 Å². The fourth-order valence-corrected chi connectivity index (χ4v) is 4.25. The topological polar surface area (TPSA) is 90.0 Å². The number of imidazole rings is 1. The van der Waals surface area contributed by atoms with Crippen molar-refractivity contribution in [1.82, 2.24) is 14.3 Å². The molecule has 0 unspecified atom stereocenters. The Balaban J connectivity index is 1.94. The summed E-state index contributed by atoms with van der Waals surface area (Å²) >= 11 is 0. The lowest BCUT2D eigenvalue weighted by Gasteiger charge is -2.27. The van der Waals surface area contributed by atoms with Gasteiger partial charge in [0.1, 0.15) is 0 Å². The predicted octanol–water partition coefficient (Wildman–Crippen LogP) is 1.50. The number of rotatable bonds is 5. The highest BCUT2D eigenvalue weighted by molar-refractivity contribution is 7.89. The van der Waals surface area contributed by atoms with Crippen LogP contribution in [0.3, 0.4) is 0 Å². The van der Waals surface area contributed by atoms with E-state index >= 15 is 0 Å². The SMILES string of the molecule is CCC1CCC(CNS(=O)(=O)c2c(N)ncn2C)CC1. The summed E-state index contributed by atoms with van der Waals surface area (Å²) in [7, 11) is -1.94. The summed E-state index contributed by atoms with van der Waals surface area (Å²) < 4.78 is 28.6. The second kappa shape index (κ2) is 6.13. The molecule has 6 nitrogen and oxygen atoms in total. The molecule has 1 aliphatic carbocycles. The number of nitrogens with one attached hydrogen (secondary N) is 1. The first kappa shape index (κ1) is 15.3. The zero-order valence-corrected chi connectivity index (χ0v) is 13.0. The van der Waals surface area contributed by atoms with E-state index in [-0.39, 0.29) is 10.8 Å². The summed E-state index contributed by atoms with van der Waals surface area (Å²) in [5.41, 5.74) is 5.62. The van der Waals surface area contributed by atoms with E-state index in [1.807, 2.05) is 0 Å². The van der Waals surface area contributed by atoms with Crippen LogP contribution in [0.5, 0.6) is 0 Å². The van der Waals surface area contributed by atoms with E-state index in [0.717, 1.165) is 18.8 Å². The van der Waals surface area contributed by atoms with Crippen molar-refractivity contribution in [1.29, 1.82) is 0 Å². The molecule has 7 heteroatoms. The highest BCUT2D eigenvalue weighted by Gasteiger charge is 2.25. The van der Waals surface area contributed by atoms with Gasteiger partial charge in [0.2, 0.25) is 0 Å². The van der Waals surface area contributed by atoms with Crippen LogP contribution in [0.15, 0.2) is 11.4 Å². The minimum absolute atomic E-state index is 0.0506. The second-order valence-electron chi connectivity index (χ2n) is 5.69. The lowest BCUT2D eigenvalue weighted by Crippen LogP contribution is -2.32. The van der Waals surface area contributed by atoms with Crippen LogP contribution >= 0.6 is 0 Å². The Morgan fingerprint density at radius 3 is 2.45 bits per heavy atom. The third-order valence-electron chi connectivity index (χ3n) is 4.27. The van der Waals surface area contributed by atoms with Gasteiger partial charge in [-0.15, -0.1) is 0 Å². The first-order chi connectivity index (χ1) is 9.44. The molecule has 0 radical (unpaired) electrons. The van der Waals surface area contributed by atoms with Crippen molar-refractivity contribution in [3.8, 4) is 0 Å². The largest absolute Gasteiger partial charge is 0.381 e. The maximum atomic E-state index is 12.2. The van der Waals surface area contributed by atoms with Crippen molar-refractivity contribution >= 4 is 15.8 Å². The van der Waals surface area contributed by atoms with Crippen LogP contribution in [0, 0.1) is 11.8 Å². The van der Waals surface area contributed by atoms with Crippen LogP contribution in [0.2, 0.25) is 0 Å². The van der Waals surface area contributed by atoms with Gasteiger partial charge in [0, 0.05) is 13.6 Å². The molecule has 0 saturated heterocycles. The lowest BCUT2D eigenvalue weighted by molar-refractivity contribution is 0.270. The van der Waals surface area contributed by atoms with E-state index in [4.69, 9.17) is 5.73 Å². The Morgan fingerprint density at radius 1 is 1.35 bits per heavy atom. The molecule has 1 heterocycles. The summed E-state index contributed by atoms with van der Waals surface area (Å²) in [5, 5.41) is 0.0553. The van der Waals surface area contributed by atoms with Gasteiger partial charge in [-0.25, -0.2) is 18.1 Å². The molecule has 0 atom stereocenters. The molecule has 114 valence electrons. The number of nitrogens with two attached hydrogens (primary N) is 1. The average molecular weight is 300 g/mol. The molecule has 3 N–H and O–H groups in total. The highest BCUT2D eigenvalue weighted by Crippen LogP contribution is 2.30. The third-order valence-corrected chi connectivity index (χ3v) is 5.82. The predicted molar refractivity (Wildman–Crippen MR) is 78.5 cm³/mol. The van der Waals surface area contributed by atoms with E-state index in [1.54, 1.807) is 7.05 Å². The highest BCUT2D eigenvalue weighted by atomic mass is 32.2. The number of aryl methyl sites for hydroxylation is 1. The smallest absolute Gasteiger partial charge is 0.260 e. The molecular weight excluding hydrogens is 276 g/mol. The Kier molecular flexibility index (Phi) is 4.70. The summed E-state index contributed by atoms with van der Waals surface area (Å²) in [4.78, 5) is 3.82. The third kappa shape index (κ3) is 3.32. The number of anilines is 1. The van der Waals surface area contributed by atoms with E-state index in [2.05, 4.69) is 16.6 Å². The average Bonchev–Trinajstić information content (AvgIpc) is 2.77. The van der Waals surface area contributed by atoms with Crippen molar-refractivity contribution in [2.75, 3.05) is 12.3 Å². The maximum Gasteiger partial charge on any atom is 0.260 e. The first-order valence-corrected chi connectivity index (χ1v) is 8.68. The minimum atomic E-state index is -3.57. The summed E-state index contributed by atoms with van der Waals surface area (Å²) in [6.45, 7) is 2.71. The summed E-state index contributed by atoms with van der Waals surface area (Å²) in [6, 6.07) is 0. The van der Waals surface area contributed by atoms with E-state index in [1.165, 1.54) is 30.2 Å². The van der Waals surface area contributed by atoms with Gasteiger partial charge in [-0.2, -0.15) is 0 Å². The van der Waals surface area contributed by atoms with Crippen molar-refractivity contribution in [3.05, 3.63) is 6.33 Å². The van der Waals surface area contributed by atoms with E-state index in [0.29, 0.717) is 12.5 Å². The van der Waals surface area contributed by atoms with Gasteiger partial charge in [0.15, 0.2) is 10.8 Å². The second-order valence-corrected chi connectivity index (χ2v) is 7.38. The van der Waals surface area contributed by atoms with Gasteiger partial charge >= 0.3 is 0 Å². The summed E-state index contributed by atoms with van der Waals surface area (Å²) in [6.07, 6.45) is 7.25. The number of nitrogen functional groups attached to an aromatic ring is 1. The molecule has 1 aromatic heterocycles. The van der Waals surface area contributed by atoms with Gasteiger partial charge in [0.05, 0.1) is 6.33 Å². The molecule has 1 fully saturated rings. The standard InChI is InChI=1S/C13H24N4O2S/c1-3-10-4-6-11(7-5-10)8-16-20(18,19)13-12(14)15-9-17(13)2/h9-11,16H,3-8,14H2,1-2H3. The number of hydrogen-bond donors (Lipinski definition) is 2. The zero-order valence-electron chi connectivity index (χ0n) is 12.2. The molecule has 0 spiro atoms. The Hall–Kier alpha value is -1.08. The van der Waals surface area contributed by atoms with Gasteiger partial charge in [0.25, 0.3) is 10.0 Å². The molecule has 20 heavy (non-hydrogen) atoms. The van der Waals surface area contributed by atoms with Crippen molar-refractivity contribution in [3.63, 3.8) is 0 Å². The molecular formula is C13H24N4O2S. The van der Waals surface area contributed by atoms with Crippen molar-refractivity contribution in [2.24, 2.45) is 18.9 Å². The Labute approximate surface area is 120 Å². The lowest BCUT2D eigenvalue weighted by atomic mass is 9.81. The van der Waals surface area contributed by atoms with Crippen LogP contribution in [0.25, 0.3) is 0 Å². The van der Waals surface area contributed by atoms with Crippen LogP contribution in [-0.2, 0) is 17.1 Å². The van der Waals surface area contributed by atoms with Crippen LogP contribution < -0.4 is 10.5 Å². The van der Waals surface area contributed by atoms with Gasteiger partial charge in [-0.05, 0) is 24.7 Å². The molecule has 0 bridgehead atoms. The molecule has 1 saturated carbocycles. The van der Waals surface area contributed by atoms with Gasteiger partial charge < -0.3 is 10.3 Å². The zero-order chi connectivity index (χ0) is 14.8. The molecule has 0 aliphatic heterocycles. The van der Waals surface area contributed by atoms with Crippen LogP contribution in [0.1, 0.15) is 39.0 Å². The maximum absolute atomic E-state index is 12.2. The number of nitrogens with zero attached hydrogens (tertiary/aromatic N) is 2. The fraction of sp³-hybridized carbons (Fsp3) is 0.769. The molecule has 1 aromatic rings. The molecule has 0 amide bonds. The van der Waals surface area contributed by atoms with Gasteiger partial charge in [-0.3, -0.25) is 0 Å². The summed E-state index contributed by atoms with van der Waals surface area (Å²) in [5.74, 6) is 1.30. The Bertz CT molecular complexity index is 525. The quantitative estimate of drug-likeness (QED) is 0.862. The fourth-order valence-electron chi connectivity index (χ4n) is 2.90. The first-order valence-electron chi connectivity index (χ1n) is 7.20. The monoisotopic (exact) mass is 300 g/mol. The number of sulfonamides is 1. The van der Waals surface area contributed by atoms with Crippen LogP contribution in [0.4, 0.5) is 5.82 Å². The van der Waals surface area contributed by atoms with Gasteiger partial charge in [-0.1, -0.05) is 26.2 Å². The van der Waals surface area contributed by atoms with Crippen molar-refractivity contribution < 1.29 is 8.42 Å². The molecule has 2 rings (SSSR count). The van der Waals surface area contributed by atoms with E-state index in [9.17, 15) is 8.42 Å². The van der Waals surface area contributed by atoms with E-state index < -0.39 is 10.0 Å². The normalized spacial score (nSPS) is 23.9. The van der Waals surface area contributed by atoms with Crippen molar-refractivity contribution in [2.45, 2.75) is 44.1 Å². The minimum Gasteiger partial charge on any atom is -0.381 e. The number of hydrogen-bond acceptors (Lipinski definition) is 4.